The molecule has 3 aromatic rings. The van der Waals surface area contributed by atoms with E-state index in [1.54, 1.807) is 25.1 Å². The predicted molar refractivity (Wildman–Crippen MR) is 138 cm³/mol. The average molecular weight is 465 g/mol. The van der Waals surface area contributed by atoms with E-state index in [0.717, 1.165) is 16.8 Å². The van der Waals surface area contributed by atoms with E-state index in [9.17, 15) is 9.59 Å². The molecule has 2 amide bonds. The van der Waals surface area contributed by atoms with Crippen molar-refractivity contribution in [2.45, 2.75) is 52.5 Å². The summed E-state index contributed by atoms with van der Waals surface area (Å²) in [7, 11) is 3.31. The van der Waals surface area contributed by atoms with Crippen molar-refractivity contribution in [1.29, 1.82) is 0 Å². The third-order valence-electron chi connectivity index (χ3n) is 6.26. The van der Waals surface area contributed by atoms with E-state index in [1.807, 2.05) is 31.2 Å². The number of fused-ring (bicyclic) bond motifs is 1. The van der Waals surface area contributed by atoms with Crippen LogP contribution in [0.15, 0.2) is 47.3 Å². The zero-order valence-electron chi connectivity index (χ0n) is 21.3. The lowest BCUT2D eigenvalue weighted by Crippen LogP contribution is -2.41. The summed E-state index contributed by atoms with van der Waals surface area (Å²) >= 11 is 0. The Morgan fingerprint density at radius 2 is 1.65 bits per heavy atom. The van der Waals surface area contributed by atoms with Crippen LogP contribution < -0.4 is 10.9 Å². The first kappa shape index (κ1) is 25.4. The fraction of sp³-hybridized carbons (Fsp3) is 0.444. The van der Waals surface area contributed by atoms with Crippen LogP contribution in [0.3, 0.4) is 0 Å². The minimum absolute atomic E-state index is 0.133. The monoisotopic (exact) mass is 464 g/mol. The van der Waals surface area contributed by atoms with Crippen molar-refractivity contribution in [2.75, 3.05) is 25.6 Å². The summed E-state index contributed by atoms with van der Waals surface area (Å²) in [6, 6.07) is 12.7. The van der Waals surface area contributed by atoms with Gasteiger partial charge in [0.1, 0.15) is 5.82 Å². The molecule has 0 aliphatic heterocycles. The lowest BCUT2D eigenvalue weighted by Gasteiger charge is -2.31. The van der Waals surface area contributed by atoms with Gasteiger partial charge in [0.15, 0.2) is 0 Å². The van der Waals surface area contributed by atoms with Crippen LogP contribution in [0.5, 0.6) is 0 Å². The summed E-state index contributed by atoms with van der Waals surface area (Å²) in [5.41, 5.74) is 3.52. The molecule has 0 radical (unpaired) electrons. The van der Waals surface area contributed by atoms with Crippen molar-refractivity contribution in [3.8, 4) is 0 Å². The number of methoxy groups -OCH3 is 1. The van der Waals surface area contributed by atoms with Gasteiger partial charge in [0, 0.05) is 26.4 Å². The third-order valence-corrected chi connectivity index (χ3v) is 6.26. The van der Waals surface area contributed by atoms with Crippen LogP contribution in [0.1, 0.15) is 69.4 Å². The summed E-state index contributed by atoms with van der Waals surface area (Å²) < 4.78 is 6.83. The van der Waals surface area contributed by atoms with E-state index >= 15 is 0 Å². The van der Waals surface area contributed by atoms with Gasteiger partial charge in [0.05, 0.1) is 23.6 Å². The number of anilines is 1. The summed E-state index contributed by atoms with van der Waals surface area (Å²) in [4.78, 5) is 33.1. The topological polar surface area (TPSA) is 76.5 Å². The van der Waals surface area contributed by atoms with Crippen LogP contribution in [-0.2, 0) is 11.8 Å². The zero-order valence-corrected chi connectivity index (χ0v) is 21.3. The third kappa shape index (κ3) is 5.14. The Morgan fingerprint density at radius 1 is 1.03 bits per heavy atom. The van der Waals surface area contributed by atoms with Gasteiger partial charge in [0.2, 0.25) is 0 Å². The smallest absolute Gasteiger partial charge is 0.322 e. The molecule has 34 heavy (non-hydrogen) atoms. The number of aromatic nitrogens is 2. The molecule has 0 aliphatic rings. The van der Waals surface area contributed by atoms with Crippen molar-refractivity contribution < 1.29 is 9.53 Å². The lowest BCUT2D eigenvalue weighted by molar-refractivity contribution is 0.136. The standard InChI is InChI=1S/C27H36N4O3/c1-17(2)20-12-10-13-21(18(3)4)24(20)29-27(33)31(15-16-34-7)19(5)25-28-23-14-9-8-11-22(23)26(32)30(25)6/h8-14,17-19H,15-16H2,1-7H3,(H,29,33). The molecule has 0 saturated heterocycles. The average Bonchev–Trinajstić information content (AvgIpc) is 2.81. The highest BCUT2D eigenvalue weighted by Crippen LogP contribution is 2.33. The van der Waals surface area contributed by atoms with Crippen LogP contribution in [0.25, 0.3) is 10.9 Å². The summed E-state index contributed by atoms with van der Waals surface area (Å²) in [6.07, 6.45) is 0. The highest BCUT2D eigenvalue weighted by molar-refractivity contribution is 5.91. The van der Waals surface area contributed by atoms with Gasteiger partial charge >= 0.3 is 6.03 Å². The molecule has 0 spiro atoms. The van der Waals surface area contributed by atoms with E-state index in [-0.39, 0.29) is 23.4 Å². The fourth-order valence-electron chi connectivity index (χ4n) is 4.28. The van der Waals surface area contributed by atoms with Gasteiger partial charge in [-0.2, -0.15) is 0 Å². The molecule has 1 atom stereocenters. The molecule has 1 N–H and O–H groups in total. The summed E-state index contributed by atoms with van der Waals surface area (Å²) in [5, 5.41) is 3.75. The van der Waals surface area contributed by atoms with Gasteiger partial charge in [-0.05, 0) is 42.0 Å². The number of benzene rings is 2. The fourth-order valence-corrected chi connectivity index (χ4v) is 4.28. The number of rotatable bonds is 8. The SMILES string of the molecule is COCCN(C(=O)Nc1c(C(C)C)cccc1C(C)C)C(C)c1nc2ccccc2c(=O)n1C. The maximum Gasteiger partial charge on any atom is 0.322 e. The van der Waals surface area contributed by atoms with E-state index in [2.05, 4.69) is 45.1 Å². The second kappa shape index (κ2) is 10.8. The molecule has 0 bridgehead atoms. The van der Waals surface area contributed by atoms with Crippen LogP contribution in [0.2, 0.25) is 0 Å². The van der Waals surface area contributed by atoms with Crippen molar-refractivity contribution >= 4 is 22.6 Å². The predicted octanol–water partition coefficient (Wildman–Crippen LogP) is 5.42. The first-order valence-electron chi connectivity index (χ1n) is 11.8. The van der Waals surface area contributed by atoms with E-state index in [4.69, 9.17) is 9.72 Å². The first-order valence-corrected chi connectivity index (χ1v) is 11.8. The second-order valence-corrected chi connectivity index (χ2v) is 9.26. The molecule has 1 unspecified atom stereocenters. The number of nitrogens with zero attached hydrogens (tertiary/aromatic N) is 3. The van der Waals surface area contributed by atoms with Crippen molar-refractivity contribution in [3.63, 3.8) is 0 Å². The lowest BCUT2D eigenvalue weighted by atomic mass is 9.93. The Bertz CT molecular complexity index is 1190. The van der Waals surface area contributed by atoms with Gasteiger partial charge in [-0.15, -0.1) is 0 Å². The molecule has 3 rings (SSSR count). The van der Waals surface area contributed by atoms with Crippen molar-refractivity contribution in [1.82, 2.24) is 14.5 Å². The quantitative estimate of drug-likeness (QED) is 0.483. The first-order chi connectivity index (χ1) is 16.2. The number of nitrogens with one attached hydrogen (secondary N) is 1. The number of carbonyl (C=O) groups is 1. The van der Waals surface area contributed by atoms with Gasteiger partial charge in [-0.25, -0.2) is 9.78 Å². The van der Waals surface area contributed by atoms with E-state index in [1.165, 1.54) is 4.57 Å². The number of para-hydroxylation sites is 2. The maximum absolute atomic E-state index is 13.7. The van der Waals surface area contributed by atoms with Crippen molar-refractivity contribution in [2.24, 2.45) is 7.05 Å². The largest absolute Gasteiger partial charge is 0.383 e. The summed E-state index contributed by atoms with van der Waals surface area (Å²) in [5.74, 6) is 1.03. The summed E-state index contributed by atoms with van der Waals surface area (Å²) in [6.45, 7) is 11.1. The second-order valence-electron chi connectivity index (χ2n) is 9.26. The van der Waals surface area contributed by atoms with Gasteiger partial charge in [-0.1, -0.05) is 58.0 Å². The Hall–Kier alpha value is -3.19. The Morgan fingerprint density at radius 3 is 2.24 bits per heavy atom. The molecular formula is C27H36N4O3. The highest BCUT2D eigenvalue weighted by Gasteiger charge is 2.27. The molecule has 7 nitrogen and oxygen atoms in total. The Balaban J connectivity index is 2.04. The Labute approximate surface area is 201 Å². The number of amides is 2. The number of carbonyl (C=O) groups excluding carboxylic acids is 1. The number of ether oxygens (including phenoxy) is 1. The van der Waals surface area contributed by atoms with E-state index in [0.29, 0.717) is 29.9 Å². The Kier molecular flexibility index (Phi) is 8.10. The van der Waals surface area contributed by atoms with Crippen LogP contribution in [0.4, 0.5) is 10.5 Å². The molecular weight excluding hydrogens is 428 g/mol. The number of urea groups is 1. The van der Waals surface area contributed by atoms with Crippen LogP contribution in [0, 0.1) is 0 Å². The molecule has 0 aliphatic carbocycles. The number of hydrogen-bond donors (Lipinski definition) is 1. The minimum atomic E-state index is -0.453. The minimum Gasteiger partial charge on any atom is -0.383 e. The molecule has 182 valence electrons. The molecule has 1 aromatic heterocycles. The normalized spacial score (nSPS) is 12.4. The molecule has 1 heterocycles. The van der Waals surface area contributed by atoms with Gasteiger partial charge < -0.3 is 15.0 Å². The molecule has 7 heteroatoms. The maximum atomic E-state index is 13.7. The number of hydrogen-bond acceptors (Lipinski definition) is 4. The van der Waals surface area contributed by atoms with Gasteiger partial charge in [-0.3, -0.25) is 9.36 Å². The van der Waals surface area contributed by atoms with Crippen LogP contribution >= 0.6 is 0 Å². The molecule has 2 aromatic carbocycles. The molecule has 0 fully saturated rings. The van der Waals surface area contributed by atoms with Crippen molar-refractivity contribution in [3.05, 3.63) is 69.8 Å². The molecule has 0 saturated carbocycles. The zero-order chi connectivity index (χ0) is 25.0. The van der Waals surface area contributed by atoms with E-state index < -0.39 is 6.04 Å². The highest BCUT2D eigenvalue weighted by atomic mass is 16.5. The van der Waals surface area contributed by atoms with Gasteiger partial charge in [0.25, 0.3) is 5.56 Å². The van der Waals surface area contributed by atoms with Crippen LogP contribution in [-0.4, -0.2) is 40.7 Å².